The van der Waals surface area contributed by atoms with Gasteiger partial charge in [-0.15, -0.1) is 0 Å². The second-order valence-electron chi connectivity index (χ2n) is 4.48. The molecule has 1 fully saturated rings. The van der Waals surface area contributed by atoms with Gasteiger partial charge in [-0.2, -0.15) is 0 Å². The largest absolute Gasteiger partial charge is 0.491 e. The molecule has 1 N–H and O–H groups in total. The molecule has 1 heterocycles. The Labute approximate surface area is 108 Å². The third-order valence-corrected chi connectivity index (χ3v) is 3.12. The highest BCUT2D eigenvalue weighted by Gasteiger charge is 2.23. The smallest absolute Gasteiger partial charge is 0.121 e. The van der Waals surface area contributed by atoms with E-state index < -0.39 is 0 Å². The predicted molar refractivity (Wildman–Crippen MR) is 71.3 cm³/mol. The first-order chi connectivity index (χ1) is 8.79. The summed E-state index contributed by atoms with van der Waals surface area (Å²) < 4.78 is 16.1. The predicted octanol–water partition coefficient (Wildman–Crippen LogP) is 2.30. The van der Waals surface area contributed by atoms with Gasteiger partial charge in [0.15, 0.2) is 0 Å². The maximum Gasteiger partial charge on any atom is 0.121 e. The highest BCUT2D eigenvalue weighted by atomic mass is 16.5. The second kappa shape index (κ2) is 6.61. The fourth-order valence-corrected chi connectivity index (χ4v) is 2.05. The summed E-state index contributed by atoms with van der Waals surface area (Å²) in [5.74, 6) is 0.864. The van der Waals surface area contributed by atoms with Gasteiger partial charge in [-0.3, -0.25) is 0 Å². The molecule has 0 amide bonds. The molecule has 0 bridgehead atoms. The Morgan fingerprint density at radius 1 is 1.39 bits per heavy atom. The van der Waals surface area contributed by atoms with E-state index in [0.717, 1.165) is 24.5 Å². The summed E-state index contributed by atoms with van der Waals surface area (Å²) >= 11 is 0. The molecule has 1 aromatic rings. The van der Waals surface area contributed by atoms with Crippen LogP contribution in [0.5, 0.6) is 5.75 Å². The number of rotatable bonds is 6. The van der Waals surface area contributed by atoms with Crippen LogP contribution >= 0.6 is 0 Å². The third kappa shape index (κ3) is 3.62. The highest BCUT2D eigenvalue weighted by molar-refractivity contribution is 5.49. The minimum absolute atomic E-state index is 0.267. The van der Waals surface area contributed by atoms with E-state index >= 15 is 0 Å². The Kier molecular flexibility index (Phi) is 4.84. The number of hydrogen-bond donors (Lipinski definition) is 1. The summed E-state index contributed by atoms with van der Waals surface area (Å²) in [5.41, 5.74) is 1.08. The van der Waals surface area contributed by atoms with Crippen molar-refractivity contribution in [3.05, 3.63) is 24.3 Å². The monoisotopic (exact) mass is 251 g/mol. The Morgan fingerprint density at radius 3 is 3.00 bits per heavy atom. The molecule has 2 atom stereocenters. The number of anilines is 1. The first kappa shape index (κ1) is 13.2. The van der Waals surface area contributed by atoms with Gasteiger partial charge >= 0.3 is 0 Å². The van der Waals surface area contributed by atoms with Gasteiger partial charge in [0.05, 0.1) is 18.8 Å². The van der Waals surface area contributed by atoms with Gasteiger partial charge in [0.2, 0.25) is 0 Å². The van der Waals surface area contributed by atoms with E-state index in [1.165, 1.54) is 0 Å². The first-order valence-corrected chi connectivity index (χ1v) is 6.39. The van der Waals surface area contributed by atoms with Gasteiger partial charge < -0.3 is 19.5 Å². The summed E-state index contributed by atoms with van der Waals surface area (Å²) in [4.78, 5) is 0. The van der Waals surface area contributed by atoms with Gasteiger partial charge in [0.1, 0.15) is 12.4 Å². The molecule has 4 nitrogen and oxygen atoms in total. The van der Waals surface area contributed by atoms with Crippen molar-refractivity contribution >= 4 is 5.69 Å². The van der Waals surface area contributed by atoms with Crippen LogP contribution in [0.15, 0.2) is 24.3 Å². The lowest BCUT2D eigenvalue weighted by molar-refractivity contribution is 0.121. The van der Waals surface area contributed by atoms with Crippen LogP contribution < -0.4 is 10.1 Å². The topological polar surface area (TPSA) is 39.7 Å². The molecular formula is C14H21NO3. The van der Waals surface area contributed by atoms with Crippen molar-refractivity contribution in [1.82, 2.24) is 0 Å². The van der Waals surface area contributed by atoms with E-state index in [2.05, 4.69) is 12.2 Å². The minimum atomic E-state index is 0.267. The minimum Gasteiger partial charge on any atom is -0.491 e. The molecular weight excluding hydrogens is 230 g/mol. The zero-order valence-electron chi connectivity index (χ0n) is 11.0. The van der Waals surface area contributed by atoms with E-state index in [9.17, 15) is 0 Å². The average Bonchev–Trinajstić information content (AvgIpc) is 2.76. The Morgan fingerprint density at radius 2 is 2.28 bits per heavy atom. The number of methoxy groups -OCH3 is 1. The molecule has 18 heavy (non-hydrogen) atoms. The Balaban J connectivity index is 1.90. The van der Waals surface area contributed by atoms with Crippen molar-refractivity contribution in [1.29, 1.82) is 0 Å². The molecule has 0 aromatic heterocycles. The SMILES string of the molecule is COCCOc1cccc(NC2CCOC2C)c1. The van der Waals surface area contributed by atoms with E-state index in [1.807, 2.05) is 24.3 Å². The lowest BCUT2D eigenvalue weighted by Gasteiger charge is -2.18. The molecule has 0 radical (unpaired) electrons. The van der Waals surface area contributed by atoms with E-state index in [0.29, 0.717) is 19.3 Å². The zero-order valence-corrected chi connectivity index (χ0v) is 11.0. The summed E-state index contributed by atoms with van der Waals surface area (Å²) in [7, 11) is 1.67. The van der Waals surface area contributed by atoms with Gasteiger partial charge in [0.25, 0.3) is 0 Å². The van der Waals surface area contributed by atoms with Crippen molar-refractivity contribution in [2.75, 3.05) is 32.2 Å². The number of benzene rings is 1. The highest BCUT2D eigenvalue weighted by Crippen LogP contribution is 2.22. The summed E-state index contributed by atoms with van der Waals surface area (Å²) in [6.45, 7) is 4.11. The number of ether oxygens (including phenoxy) is 3. The molecule has 1 aliphatic rings. The summed E-state index contributed by atoms with van der Waals surface area (Å²) in [5, 5.41) is 3.49. The number of nitrogens with one attached hydrogen (secondary N) is 1. The van der Waals surface area contributed by atoms with Crippen molar-refractivity contribution in [3.8, 4) is 5.75 Å². The van der Waals surface area contributed by atoms with Crippen LogP contribution in [-0.4, -0.2) is 39.1 Å². The van der Waals surface area contributed by atoms with Crippen LogP contribution in [0, 0.1) is 0 Å². The van der Waals surface area contributed by atoms with Gasteiger partial charge in [-0.1, -0.05) is 6.07 Å². The zero-order chi connectivity index (χ0) is 12.8. The Hall–Kier alpha value is -1.26. The van der Waals surface area contributed by atoms with E-state index in [-0.39, 0.29) is 6.10 Å². The molecule has 0 spiro atoms. The standard InChI is InChI=1S/C14H21NO3/c1-11-14(6-7-17-11)15-12-4-3-5-13(10-12)18-9-8-16-2/h3-5,10-11,14-15H,6-9H2,1-2H3. The molecule has 0 aliphatic carbocycles. The van der Waals surface area contributed by atoms with Gasteiger partial charge in [-0.25, -0.2) is 0 Å². The average molecular weight is 251 g/mol. The quantitative estimate of drug-likeness (QED) is 0.788. The fourth-order valence-electron chi connectivity index (χ4n) is 2.05. The lowest BCUT2D eigenvalue weighted by Crippen LogP contribution is -2.26. The molecule has 1 saturated heterocycles. The van der Waals surface area contributed by atoms with E-state index in [4.69, 9.17) is 14.2 Å². The summed E-state index contributed by atoms with van der Waals surface area (Å²) in [6.07, 6.45) is 1.32. The third-order valence-electron chi connectivity index (χ3n) is 3.12. The molecule has 2 unspecified atom stereocenters. The molecule has 4 heteroatoms. The summed E-state index contributed by atoms with van der Waals surface area (Å²) in [6, 6.07) is 8.40. The van der Waals surface area contributed by atoms with Crippen LogP contribution in [0.4, 0.5) is 5.69 Å². The number of hydrogen-bond acceptors (Lipinski definition) is 4. The van der Waals surface area contributed by atoms with Crippen molar-refractivity contribution in [2.24, 2.45) is 0 Å². The molecule has 0 saturated carbocycles. The fraction of sp³-hybridized carbons (Fsp3) is 0.571. The molecule has 1 aromatic carbocycles. The molecule has 100 valence electrons. The van der Waals surface area contributed by atoms with Gasteiger partial charge in [0, 0.05) is 25.5 Å². The first-order valence-electron chi connectivity index (χ1n) is 6.39. The lowest BCUT2D eigenvalue weighted by atomic mass is 10.1. The molecule has 1 aliphatic heterocycles. The van der Waals surface area contributed by atoms with Gasteiger partial charge in [-0.05, 0) is 25.5 Å². The maximum absolute atomic E-state index is 5.58. The van der Waals surface area contributed by atoms with Crippen molar-refractivity contribution in [2.45, 2.75) is 25.5 Å². The molecule has 2 rings (SSSR count). The second-order valence-corrected chi connectivity index (χ2v) is 4.48. The maximum atomic E-state index is 5.58. The van der Waals surface area contributed by atoms with E-state index in [1.54, 1.807) is 7.11 Å². The normalized spacial score (nSPS) is 23.0. The van der Waals surface area contributed by atoms with Crippen molar-refractivity contribution in [3.63, 3.8) is 0 Å². The van der Waals surface area contributed by atoms with Crippen LogP contribution in [0.1, 0.15) is 13.3 Å². The van der Waals surface area contributed by atoms with Crippen molar-refractivity contribution < 1.29 is 14.2 Å². The van der Waals surface area contributed by atoms with Crippen LogP contribution in [0.25, 0.3) is 0 Å². The van der Waals surface area contributed by atoms with Crippen LogP contribution in [-0.2, 0) is 9.47 Å². The Bertz CT molecular complexity index is 370. The van der Waals surface area contributed by atoms with Crippen LogP contribution in [0.3, 0.4) is 0 Å². The van der Waals surface area contributed by atoms with Crippen LogP contribution in [0.2, 0.25) is 0 Å².